The second kappa shape index (κ2) is 7.41. The minimum absolute atomic E-state index is 0.0148. The predicted molar refractivity (Wildman–Crippen MR) is 85.8 cm³/mol. The zero-order valence-electron chi connectivity index (χ0n) is 13.0. The summed E-state index contributed by atoms with van der Waals surface area (Å²) >= 11 is 0. The van der Waals surface area contributed by atoms with E-state index in [4.69, 9.17) is 0 Å². The molecule has 0 radical (unpaired) electrons. The van der Waals surface area contributed by atoms with Crippen molar-refractivity contribution in [3.05, 3.63) is 41.5 Å². The van der Waals surface area contributed by atoms with Gasteiger partial charge in [-0.1, -0.05) is 48.9 Å². The molecule has 2 rings (SSSR count). The zero-order chi connectivity index (χ0) is 15.2. The molecule has 0 spiro atoms. The summed E-state index contributed by atoms with van der Waals surface area (Å²) in [5.41, 5.74) is 2.34. The minimum Gasteiger partial charge on any atom is -0.394 e. The highest BCUT2D eigenvalue weighted by atomic mass is 16.3. The highest BCUT2D eigenvalue weighted by Gasteiger charge is 2.30. The molecule has 1 N–H and O–H groups in total. The molecule has 1 aliphatic rings. The summed E-state index contributed by atoms with van der Waals surface area (Å²) in [5, 5.41) is 9.50. The Balaban J connectivity index is 1.92. The van der Waals surface area contributed by atoms with Crippen LogP contribution in [0.25, 0.3) is 6.08 Å². The number of hydrogen-bond donors (Lipinski definition) is 1. The van der Waals surface area contributed by atoms with Gasteiger partial charge < -0.3 is 10.0 Å². The molecule has 1 fully saturated rings. The van der Waals surface area contributed by atoms with Crippen molar-refractivity contribution in [1.29, 1.82) is 0 Å². The monoisotopic (exact) mass is 287 g/mol. The van der Waals surface area contributed by atoms with E-state index in [1.165, 1.54) is 5.56 Å². The molecule has 0 bridgehead atoms. The summed E-state index contributed by atoms with van der Waals surface area (Å²) in [7, 11) is 0. The maximum Gasteiger partial charge on any atom is 0.226 e. The van der Waals surface area contributed by atoms with Crippen molar-refractivity contribution >= 4 is 12.0 Å². The molecular weight excluding hydrogens is 262 g/mol. The summed E-state index contributed by atoms with van der Waals surface area (Å²) < 4.78 is 0. The van der Waals surface area contributed by atoms with E-state index in [9.17, 15) is 9.90 Å². The van der Waals surface area contributed by atoms with Gasteiger partial charge in [-0.3, -0.25) is 4.79 Å². The third-order valence-electron chi connectivity index (χ3n) is 4.30. The number of likely N-dealkylation sites (tertiary alicyclic amines) is 1. The molecule has 1 amide bonds. The van der Waals surface area contributed by atoms with Crippen LogP contribution < -0.4 is 0 Å². The molecule has 3 heteroatoms. The van der Waals surface area contributed by atoms with E-state index in [-0.39, 0.29) is 18.6 Å². The van der Waals surface area contributed by atoms with Gasteiger partial charge in [-0.05, 0) is 31.2 Å². The van der Waals surface area contributed by atoms with Crippen LogP contribution in [0, 0.1) is 12.8 Å². The Morgan fingerprint density at radius 3 is 2.76 bits per heavy atom. The smallest absolute Gasteiger partial charge is 0.226 e. The van der Waals surface area contributed by atoms with Gasteiger partial charge in [0.2, 0.25) is 5.91 Å². The van der Waals surface area contributed by atoms with Crippen molar-refractivity contribution in [2.45, 2.75) is 39.2 Å². The van der Waals surface area contributed by atoms with Gasteiger partial charge in [-0.25, -0.2) is 0 Å². The molecular formula is C18H25NO2. The topological polar surface area (TPSA) is 40.5 Å². The third-order valence-corrected chi connectivity index (χ3v) is 4.30. The van der Waals surface area contributed by atoms with E-state index < -0.39 is 0 Å². The molecule has 1 aromatic rings. The lowest BCUT2D eigenvalue weighted by atomic mass is 9.91. The van der Waals surface area contributed by atoms with Crippen molar-refractivity contribution in [3.8, 4) is 0 Å². The summed E-state index contributed by atoms with van der Waals surface area (Å²) in [6, 6.07) is 8.22. The number of carbonyl (C=O) groups is 1. The summed E-state index contributed by atoms with van der Waals surface area (Å²) in [5.74, 6) is 0.498. The summed E-state index contributed by atoms with van der Waals surface area (Å²) in [6.07, 6.45) is 6.43. The molecule has 0 aromatic heterocycles. The molecule has 114 valence electrons. The maximum absolute atomic E-state index is 12.3. The fourth-order valence-electron chi connectivity index (χ4n) is 2.93. The second-order valence-corrected chi connectivity index (χ2v) is 5.97. The van der Waals surface area contributed by atoms with Gasteiger partial charge in [-0.15, -0.1) is 0 Å². The van der Waals surface area contributed by atoms with Crippen LogP contribution in [-0.2, 0) is 4.79 Å². The van der Waals surface area contributed by atoms with Gasteiger partial charge in [0.25, 0.3) is 0 Å². The number of aliphatic hydroxyl groups is 1. The number of nitrogens with zero attached hydrogens (tertiary/aromatic N) is 1. The summed E-state index contributed by atoms with van der Waals surface area (Å²) in [4.78, 5) is 14.2. The van der Waals surface area contributed by atoms with Crippen LogP contribution in [-0.4, -0.2) is 35.1 Å². The Morgan fingerprint density at radius 1 is 1.38 bits per heavy atom. The zero-order valence-corrected chi connectivity index (χ0v) is 13.0. The van der Waals surface area contributed by atoms with Crippen LogP contribution in [0.5, 0.6) is 0 Å². The van der Waals surface area contributed by atoms with E-state index in [1.54, 1.807) is 0 Å². The van der Waals surface area contributed by atoms with Crippen LogP contribution in [0.1, 0.15) is 37.3 Å². The first kappa shape index (κ1) is 15.8. The van der Waals surface area contributed by atoms with Gasteiger partial charge in [0.1, 0.15) is 0 Å². The average Bonchev–Trinajstić information content (AvgIpc) is 2.49. The molecule has 0 saturated carbocycles. The molecule has 0 aliphatic carbocycles. The highest BCUT2D eigenvalue weighted by molar-refractivity contribution is 5.79. The van der Waals surface area contributed by atoms with Gasteiger partial charge in [0.15, 0.2) is 0 Å². The Morgan fingerprint density at radius 2 is 2.10 bits per heavy atom. The number of carbonyl (C=O) groups excluding carboxylic acids is 1. The van der Waals surface area contributed by atoms with Crippen LogP contribution in [0.15, 0.2) is 30.3 Å². The highest BCUT2D eigenvalue weighted by Crippen LogP contribution is 2.23. The first-order chi connectivity index (χ1) is 10.1. The number of benzene rings is 1. The lowest BCUT2D eigenvalue weighted by Crippen LogP contribution is -2.49. The molecule has 1 saturated heterocycles. The molecule has 1 heterocycles. The second-order valence-electron chi connectivity index (χ2n) is 5.97. The standard InChI is InChI=1S/C18H25NO2/c1-14-8-10-16(11-9-14)6-3-7-18(21)19-12-4-5-15(2)17(19)13-20/h3,6,8-11,15,17,20H,4-5,7,12-13H2,1-2H3/b6-3+. The largest absolute Gasteiger partial charge is 0.394 e. The molecule has 21 heavy (non-hydrogen) atoms. The molecule has 2 unspecified atom stereocenters. The van der Waals surface area contributed by atoms with E-state index in [2.05, 4.69) is 38.1 Å². The number of piperidine rings is 1. The molecule has 3 nitrogen and oxygen atoms in total. The van der Waals surface area contributed by atoms with Gasteiger partial charge >= 0.3 is 0 Å². The van der Waals surface area contributed by atoms with Crippen molar-refractivity contribution < 1.29 is 9.90 Å². The van der Waals surface area contributed by atoms with Crippen LogP contribution in [0.2, 0.25) is 0 Å². The Bertz CT molecular complexity index is 492. The number of hydrogen-bond acceptors (Lipinski definition) is 2. The average molecular weight is 287 g/mol. The van der Waals surface area contributed by atoms with Gasteiger partial charge in [0.05, 0.1) is 12.6 Å². The lowest BCUT2D eigenvalue weighted by Gasteiger charge is -2.39. The maximum atomic E-state index is 12.3. The van der Waals surface area contributed by atoms with E-state index in [1.807, 2.05) is 17.1 Å². The predicted octanol–water partition coefficient (Wildman–Crippen LogP) is 3.02. The van der Waals surface area contributed by atoms with Crippen molar-refractivity contribution in [2.75, 3.05) is 13.2 Å². The normalized spacial score (nSPS) is 22.7. The third kappa shape index (κ3) is 4.18. The lowest BCUT2D eigenvalue weighted by molar-refractivity contribution is -0.136. The fraction of sp³-hybridized carbons (Fsp3) is 0.500. The molecule has 1 aromatic carbocycles. The van der Waals surface area contributed by atoms with Crippen LogP contribution >= 0.6 is 0 Å². The van der Waals surface area contributed by atoms with Crippen molar-refractivity contribution in [2.24, 2.45) is 5.92 Å². The van der Waals surface area contributed by atoms with Gasteiger partial charge in [-0.2, -0.15) is 0 Å². The SMILES string of the molecule is Cc1ccc(/C=C/CC(=O)N2CCCC(C)C2CO)cc1. The first-order valence-corrected chi connectivity index (χ1v) is 7.75. The van der Waals surface area contributed by atoms with Crippen LogP contribution in [0.4, 0.5) is 0 Å². The molecule has 2 atom stereocenters. The first-order valence-electron chi connectivity index (χ1n) is 7.75. The van der Waals surface area contributed by atoms with E-state index in [0.717, 1.165) is 24.9 Å². The minimum atomic E-state index is -0.0148. The number of aryl methyl sites for hydroxylation is 1. The van der Waals surface area contributed by atoms with Crippen molar-refractivity contribution in [3.63, 3.8) is 0 Å². The summed E-state index contributed by atoms with van der Waals surface area (Å²) in [6.45, 7) is 5.01. The quantitative estimate of drug-likeness (QED) is 0.924. The van der Waals surface area contributed by atoms with Gasteiger partial charge in [0, 0.05) is 13.0 Å². The molecule has 1 aliphatic heterocycles. The number of aliphatic hydroxyl groups excluding tert-OH is 1. The van der Waals surface area contributed by atoms with E-state index in [0.29, 0.717) is 12.3 Å². The Labute approximate surface area is 127 Å². The fourth-order valence-corrected chi connectivity index (χ4v) is 2.93. The Kier molecular flexibility index (Phi) is 5.57. The Hall–Kier alpha value is -1.61. The number of rotatable bonds is 4. The van der Waals surface area contributed by atoms with Crippen LogP contribution in [0.3, 0.4) is 0 Å². The van der Waals surface area contributed by atoms with E-state index >= 15 is 0 Å². The van der Waals surface area contributed by atoms with Crippen molar-refractivity contribution in [1.82, 2.24) is 4.90 Å². The number of amides is 1.